The molecule has 128 valence electrons. The van der Waals surface area contributed by atoms with Gasteiger partial charge in [-0.1, -0.05) is 30.3 Å². The van der Waals surface area contributed by atoms with Crippen LogP contribution in [-0.4, -0.2) is 31.3 Å². The van der Waals surface area contributed by atoms with Gasteiger partial charge in [0.1, 0.15) is 5.69 Å². The number of benzene rings is 1. The van der Waals surface area contributed by atoms with E-state index < -0.39 is 10.8 Å². The molecule has 0 atom stereocenters. The lowest BCUT2D eigenvalue weighted by Crippen LogP contribution is -2.19. The Hall–Kier alpha value is -2.33. The predicted molar refractivity (Wildman–Crippen MR) is 90.6 cm³/mol. The van der Waals surface area contributed by atoms with Gasteiger partial charge in [-0.15, -0.1) is 5.10 Å². The molecule has 0 fully saturated rings. The lowest BCUT2D eigenvalue weighted by molar-refractivity contribution is -0.383. The van der Waals surface area contributed by atoms with E-state index in [-0.39, 0.29) is 27.8 Å². The fourth-order valence-corrected chi connectivity index (χ4v) is 2.86. The number of hydrogen-bond acceptors (Lipinski definition) is 6. The van der Waals surface area contributed by atoms with Crippen molar-refractivity contribution in [2.45, 2.75) is 25.0 Å². The molecule has 0 spiro atoms. The first-order chi connectivity index (χ1) is 11.4. The maximum atomic E-state index is 12.0. The Kier molecular flexibility index (Phi) is 5.99. The summed E-state index contributed by atoms with van der Waals surface area (Å²) in [4.78, 5) is 34.0. The summed E-state index contributed by atoms with van der Waals surface area (Å²) in [5, 5.41) is 20.3. The van der Waals surface area contributed by atoms with Gasteiger partial charge < -0.3 is 5.32 Å². The zero-order valence-corrected chi connectivity index (χ0v) is 14.2. The number of nitro benzene ring substituents is 1. The molecule has 2 aromatic rings. The lowest BCUT2D eigenvalue weighted by Gasteiger charge is -2.07. The average molecular weight is 372 g/mol. The van der Waals surface area contributed by atoms with E-state index in [4.69, 9.17) is 11.6 Å². The molecule has 0 aliphatic carbocycles. The Balaban J connectivity index is 2.06. The van der Waals surface area contributed by atoms with Crippen LogP contribution in [0.4, 0.5) is 11.4 Å². The third-order valence-electron chi connectivity index (χ3n) is 2.93. The molecule has 24 heavy (non-hydrogen) atoms. The predicted octanol–water partition coefficient (Wildman–Crippen LogP) is 2.27. The van der Waals surface area contributed by atoms with Crippen LogP contribution in [0.15, 0.2) is 28.2 Å². The second-order valence-electron chi connectivity index (χ2n) is 4.72. The maximum absolute atomic E-state index is 12.0. The number of carbonyl (C=O) groups is 1. The molecule has 0 unspecified atom stereocenters. The van der Waals surface area contributed by atoms with Gasteiger partial charge in [0.25, 0.3) is 5.69 Å². The number of thioether (sulfide) groups is 1. The minimum atomic E-state index is -0.605. The molecule has 1 aromatic carbocycles. The lowest BCUT2D eigenvalue weighted by atomic mass is 10.2. The highest BCUT2D eigenvalue weighted by Gasteiger charge is 2.17. The second kappa shape index (κ2) is 7.97. The zero-order chi connectivity index (χ0) is 17.7. The SMILES string of the molecule is CCCn1c(SCC(=O)Nc2cc(Cl)ccc2[N+](=O)[O-])n[nH]c1=O. The van der Waals surface area contributed by atoms with Crippen molar-refractivity contribution in [3.8, 4) is 0 Å². The number of rotatable bonds is 7. The van der Waals surface area contributed by atoms with Crippen LogP contribution in [0.1, 0.15) is 13.3 Å². The van der Waals surface area contributed by atoms with Crippen LogP contribution in [-0.2, 0) is 11.3 Å². The minimum Gasteiger partial charge on any atom is -0.320 e. The fraction of sp³-hybridized carbons (Fsp3) is 0.308. The van der Waals surface area contributed by atoms with Gasteiger partial charge in [0.2, 0.25) is 5.91 Å². The second-order valence-corrected chi connectivity index (χ2v) is 6.10. The van der Waals surface area contributed by atoms with Crippen LogP contribution >= 0.6 is 23.4 Å². The first-order valence-electron chi connectivity index (χ1n) is 6.94. The van der Waals surface area contributed by atoms with Crippen molar-refractivity contribution in [3.05, 3.63) is 43.8 Å². The van der Waals surface area contributed by atoms with Crippen molar-refractivity contribution >= 4 is 40.6 Å². The Labute approximate surface area is 145 Å². The molecule has 1 amide bonds. The monoisotopic (exact) mass is 371 g/mol. The van der Waals surface area contributed by atoms with Gasteiger partial charge in [0, 0.05) is 17.6 Å². The number of nitro groups is 1. The molecule has 0 aliphatic heterocycles. The van der Waals surface area contributed by atoms with E-state index in [0.717, 1.165) is 18.2 Å². The van der Waals surface area contributed by atoms with Crippen LogP contribution in [0, 0.1) is 10.1 Å². The number of hydrogen-bond donors (Lipinski definition) is 2. The Bertz CT molecular complexity index is 819. The number of aromatic amines is 1. The third kappa shape index (κ3) is 4.36. The fourth-order valence-electron chi connectivity index (χ4n) is 1.92. The summed E-state index contributed by atoms with van der Waals surface area (Å²) >= 11 is 6.86. The molecule has 1 heterocycles. The van der Waals surface area contributed by atoms with Gasteiger partial charge in [-0.3, -0.25) is 19.5 Å². The van der Waals surface area contributed by atoms with E-state index in [2.05, 4.69) is 15.5 Å². The summed E-state index contributed by atoms with van der Waals surface area (Å²) in [6, 6.07) is 3.90. The Morgan fingerprint density at radius 2 is 2.29 bits per heavy atom. The number of anilines is 1. The molecule has 0 radical (unpaired) electrons. The Morgan fingerprint density at radius 1 is 1.54 bits per heavy atom. The topological polar surface area (TPSA) is 123 Å². The number of nitrogens with one attached hydrogen (secondary N) is 2. The van der Waals surface area contributed by atoms with Crippen molar-refractivity contribution in [2.75, 3.05) is 11.1 Å². The highest BCUT2D eigenvalue weighted by atomic mass is 35.5. The molecule has 1 aromatic heterocycles. The van der Waals surface area contributed by atoms with Crippen molar-refractivity contribution in [1.82, 2.24) is 14.8 Å². The number of nitrogens with zero attached hydrogens (tertiary/aromatic N) is 3. The van der Waals surface area contributed by atoms with Gasteiger partial charge in [0.05, 0.1) is 10.7 Å². The number of carbonyl (C=O) groups excluding carboxylic acids is 1. The van der Waals surface area contributed by atoms with E-state index in [1.54, 1.807) is 0 Å². The van der Waals surface area contributed by atoms with Crippen molar-refractivity contribution in [1.29, 1.82) is 0 Å². The van der Waals surface area contributed by atoms with Gasteiger partial charge in [-0.2, -0.15) is 0 Å². The smallest absolute Gasteiger partial charge is 0.320 e. The van der Waals surface area contributed by atoms with Crippen LogP contribution in [0.5, 0.6) is 0 Å². The molecule has 2 N–H and O–H groups in total. The number of halogens is 1. The molecular formula is C13H14ClN5O4S. The number of H-pyrrole nitrogens is 1. The Morgan fingerprint density at radius 3 is 2.96 bits per heavy atom. The van der Waals surface area contributed by atoms with Gasteiger partial charge >= 0.3 is 5.69 Å². The highest BCUT2D eigenvalue weighted by molar-refractivity contribution is 7.99. The standard InChI is InChI=1S/C13H14ClN5O4S/c1-2-5-18-12(21)16-17-13(18)24-7-11(20)15-9-6-8(14)3-4-10(9)19(22)23/h3-4,6H,2,5,7H2,1H3,(H,15,20)(H,16,21). The molecule has 9 nitrogen and oxygen atoms in total. The third-order valence-corrected chi connectivity index (χ3v) is 4.14. The van der Waals surface area contributed by atoms with Crippen molar-refractivity contribution in [2.24, 2.45) is 0 Å². The summed E-state index contributed by atoms with van der Waals surface area (Å²) in [7, 11) is 0. The summed E-state index contributed by atoms with van der Waals surface area (Å²) in [5.41, 5.74) is -0.572. The maximum Gasteiger partial charge on any atom is 0.343 e. The summed E-state index contributed by atoms with van der Waals surface area (Å²) in [5.74, 6) is -0.527. The number of aromatic nitrogens is 3. The summed E-state index contributed by atoms with van der Waals surface area (Å²) in [6.07, 6.45) is 0.744. The van der Waals surface area contributed by atoms with E-state index in [0.29, 0.717) is 11.7 Å². The first-order valence-corrected chi connectivity index (χ1v) is 8.30. The molecule has 0 bridgehead atoms. The van der Waals surface area contributed by atoms with E-state index in [9.17, 15) is 19.7 Å². The largest absolute Gasteiger partial charge is 0.343 e. The highest BCUT2D eigenvalue weighted by Crippen LogP contribution is 2.28. The van der Waals surface area contributed by atoms with Crippen molar-refractivity contribution < 1.29 is 9.72 Å². The molecule has 0 saturated carbocycles. The summed E-state index contributed by atoms with van der Waals surface area (Å²) in [6.45, 7) is 2.40. The van der Waals surface area contributed by atoms with Gasteiger partial charge in [0.15, 0.2) is 5.16 Å². The van der Waals surface area contributed by atoms with E-state index >= 15 is 0 Å². The molecule has 11 heteroatoms. The van der Waals surface area contributed by atoms with Crippen LogP contribution in [0.2, 0.25) is 5.02 Å². The van der Waals surface area contributed by atoms with Gasteiger partial charge in [-0.25, -0.2) is 9.89 Å². The van der Waals surface area contributed by atoms with Gasteiger partial charge in [-0.05, 0) is 18.6 Å². The quantitative estimate of drug-likeness (QED) is 0.437. The summed E-state index contributed by atoms with van der Waals surface area (Å²) < 4.78 is 1.43. The number of amides is 1. The van der Waals surface area contributed by atoms with Crippen molar-refractivity contribution in [3.63, 3.8) is 0 Å². The van der Waals surface area contributed by atoms with Crippen LogP contribution in [0.3, 0.4) is 0 Å². The average Bonchev–Trinajstić information content (AvgIpc) is 2.86. The zero-order valence-electron chi connectivity index (χ0n) is 12.6. The van der Waals surface area contributed by atoms with E-state index in [1.165, 1.54) is 22.8 Å². The van der Waals surface area contributed by atoms with Crippen LogP contribution < -0.4 is 11.0 Å². The first kappa shape index (κ1) is 18.0. The molecule has 0 aliphatic rings. The molecule has 0 saturated heterocycles. The molecular weight excluding hydrogens is 358 g/mol. The van der Waals surface area contributed by atoms with Crippen LogP contribution in [0.25, 0.3) is 0 Å². The normalized spacial score (nSPS) is 10.6. The molecule has 2 rings (SSSR count). The minimum absolute atomic E-state index is 0.0195. The van der Waals surface area contributed by atoms with E-state index in [1.807, 2.05) is 6.92 Å².